The molecule has 0 bridgehead atoms. The maximum atomic E-state index is 13.0. The van der Waals surface area contributed by atoms with Crippen molar-refractivity contribution in [3.05, 3.63) is 48.0 Å². The van der Waals surface area contributed by atoms with Crippen molar-refractivity contribution in [2.45, 2.75) is 32.6 Å². The number of aryl methyl sites for hydroxylation is 1. The van der Waals surface area contributed by atoms with E-state index in [2.05, 4.69) is 6.58 Å². The Bertz CT molecular complexity index is 649. The van der Waals surface area contributed by atoms with Crippen LogP contribution in [0.4, 0.5) is 0 Å². The van der Waals surface area contributed by atoms with Crippen molar-refractivity contribution in [3.63, 3.8) is 0 Å². The number of fused-ring (bicyclic) bond motifs is 1. The van der Waals surface area contributed by atoms with E-state index in [-0.39, 0.29) is 31.8 Å². The molecule has 0 saturated carbocycles. The molecule has 0 spiro atoms. The standard InChI is InChI=1S/C19H22O5/c1-3-13-24-18(22)19(12-10-16(20)23-4-2)11-9-14-7-5-6-8-15(14)17(19)21/h3,5-8H,1,4,9-13H2,2H3. The Morgan fingerprint density at radius 2 is 2.04 bits per heavy atom. The first-order valence-electron chi connectivity index (χ1n) is 8.11. The monoisotopic (exact) mass is 330 g/mol. The van der Waals surface area contributed by atoms with Crippen LogP contribution in [-0.2, 0) is 25.5 Å². The lowest BCUT2D eigenvalue weighted by Crippen LogP contribution is -2.44. The van der Waals surface area contributed by atoms with Gasteiger partial charge in [0.2, 0.25) is 0 Å². The molecule has 1 aromatic carbocycles. The van der Waals surface area contributed by atoms with Gasteiger partial charge in [-0.05, 0) is 31.7 Å². The summed E-state index contributed by atoms with van der Waals surface area (Å²) < 4.78 is 10.1. The van der Waals surface area contributed by atoms with Crippen molar-refractivity contribution in [2.75, 3.05) is 13.2 Å². The number of ketones is 1. The van der Waals surface area contributed by atoms with Crippen molar-refractivity contribution in [2.24, 2.45) is 5.41 Å². The molecule has 2 rings (SSSR count). The maximum absolute atomic E-state index is 13.0. The lowest BCUT2D eigenvalue weighted by Gasteiger charge is -2.34. The predicted molar refractivity (Wildman–Crippen MR) is 88.5 cm³/mol. The molecule has 0 aromatic heterocycles. The lowest BCUT2D eigenvalue weighted by atomic mass is 9.68. The molecule has 5 nitrogen and oxygen atoms in total. The molecule has 1 aliphatic rings. The number of esters is 2. The number of Topliss-reactive ketones (excluding diaryl/α,β-unsaturated/α-hetero) is 1. The largest absolute Gasteiger partial charge is 0.466 e. The highest BCUT2D eigenvalue weighted by Crippen LogP contribution is 2.40. The number of rotatable bonds is 7. The van der Waals surface area contributed by atoms with Gasteiger partial charge in [-0.15, -0.1) is 0 Å². The molecule has 0 amide bonds. The van der Waals surface area contributed by atoms with Crippen LogP contribution in [-0.4, -0.2) is 30.9 Å². The average Bonchev–Trinajstić information content (AvgIpc) is 2.60. The summed E-state index contributed by atoms with van der Waals surface area (Å²) in [5.41, 5.74) is 0.123. The van der Waals surface area contributed by atoms with Crippen LogP contribution in [0.3, 0.4) is 0 Å². The van der Waals surface area contributed by atoms with Gasteiger partial charge in [-0.1, -0.05) is 36.9 Å². The average molecular weight is 330 g/mol. The number of carbonyl (C=O) groups is 3. The molecule has 1 atom stereocenters. The highest BCUT2D eigenvalue weighted by atomic mass is 16.5. The third-order valence-corrected chi connectivity index (χ3v) is 4.30. The smallest absolute Gasteiger partial charge is 0.320 e. The molecular formula is C19H22O5. The van der Waals surface area contributed by atoms with Gasteiger partial charge in [-0.2, -0.15) is 0 Å². The zero-order valence-electron chi connectivity index (χ0n) is 13.9. The van der Waals surface area contributed by atoms with Crippen LogP contribution in [0.2, 0.25) is 0 Å². The number of hydrogen-bond donors (Lipinski definition) is 0. The normalized spacial score (nSPS) is 19.3. The Morgan fingerprint density at radius 3 is 2.75 bits per heavy atom. The summed E-state index contributed by atoms with van der Waals surface area (Å²) in [6, 6.07) is 7.25. The molecule has 0 fully saturated rings. The van der Waals surface area contributed by atoms with Crippen molar-refractivity contribution in [1.82, 2.24) is 0 Å². The molecule has 0 radical (unpaired) electrons. The van der Waals surface area contributed by atoms with Gasteiger partial charge in [0, 0.05) is 12.0 Å². The Kier molecular flexibility index (Phi) is 5.90. The fraction of sp³-hybridized carbons (Fsp3) is 0.421. The minimum Gasteiger partial charge on any atom is -0.466 e. The Morgan fingerprint density at radius 1 is 1.29 bits per heavy atom. The van der Waals surface area contributed by atoms with E-state index in [9.17, 15) is 14.4 Å². The number of ether oxygens (including phenoxy) is 2. The summed E-state index contributed by atoms with van der Waals surface area (Å²) in [4.78, 5) is 37.4. The van der Waals surface area contributed by atoms with Crippen LogP contribution in [0.15, 0.2) is 36.9 Å². The first-order valence-corrected chi connectivity index (χ1v) is 8.11. The zero-order chi connectivity index (χ0) is 17.6. The van der Waals surface area contributed by atoms with Crippen LogP contribution in [0.25, 0.3) is 0 Å². The molecule has 5 heteroatoms. The van der Waals surface area contributed by atoms with Gasteiger partial charge in [0.15, 0.2) is 5.78 Å². The van der Waals surface area contributed by atoms with Crippen LogP contribution >= 0.6 is 0 Å². The van der Waals surface area contributed by atoms with Gasteiger partial charge in [0.25, 0.3) is 0 Å². The van der Waals surface area contributed by atoms with Crippen molar-refractivity contribution < 1.29 is 23.9 Å². The summed E-state index contributed by atoms with van der Waals surface area (Å²) in [5.74, 6) is -1.28. The van der Waals surface area contributed by atoms with E-state index in [0.29, 0.717) is 18.4 Å². The molecule has 128 valence electrons. The topological polar surface area (TPSA) is 69.7 Å². The van der Waals surface area contributed by atoms with Crippen LogP contribution in [0.1, 0.15) is 42.1 Å². The zero-order valence-corrected chi connectivity index (χ0v) is 13.9. The second-order valence-corrected chi connectivity index (χ2v) is 5.76. The third kappa shape index (κ3) is 3.55. The number of carbonyl (C=O) groups excluding carboxylic acids is 3. The lowest BCUT2D eigenvalue weighted by molar-refractivity contribution is -0.153. The van der Waals surface area contributed by atoms with Gasteiger partial charge in [0.05, 0.1) is 6.61 Å². The highest BCUT2D eigenvalue weighted by molar-refractivity contribution is 6.14. The van der Waals surface area contributed by atoms with Gasteiger partial charge < -0.3 is 9.47 Å². The van der Waals surface area contributed by atoms with Gasteiger partial charge >= 0.3 is 11.9 Å². The molecule has 1 unspecified atom stereocenters. The van der Waals surface area contributed by atoms with E-state index >= 15 is 0 Å². The highest BCUT2D eigenvalue weighted by Gasteiger charge is 2.49. The molecule has 1 aromatic rings. The molecule has 0 aliphatic heterocycles. The Balaban J connectivity index is 2.30. The Labute approximate surface area is 141 Å². The second kappa shape index (κ2) is 7.90. The van der Waals surface area contributed by atoms with Gasteiger partial charge in [0.1, 0.15) is 12.0 Å². The molecule has 0 saturated heterocycles. The first kappa shape index (κ1) is 17.9. The van der Waals surface area contributed by atoms with E-state index in [0.717, 1.165) is 5.56 Å². The van der Waals surface area contributed by atoms with Crippen LogP contribution in [0.5, 0.6) is 0 Å². The maximum Gasteiger partial charge on any atom is 0.320 e. The molecule has 1 aliphatic carbocycles. The van der Waals surface area contributed by atoms with Gasteiger partial charge in [-0.3, -0.25) is 14.4 Å². The summed E-state index contributed by atoms with van der Waals surface area (Å²) in [6.45, 7) is 5.54. The minimum atomic E-state index is -1.33. The van der Waals surface area contributed by atoms with E-state index in [1.807, 2.05) is 12.1 Å². The molecular weight excluding hydrogens is 308 g/mol. The van der Waals surface area contributed by atoms with Gasteiger partial charge in [-0.25, -0.2) is 0 Å². The minimum absolute atomic E-state index is 0.00490. The molecule has 0 N–H and O–H groups in total. The predicted octanol–water partition coefficient (Wildman–Crippen LogP) is 2.87. The van der Waals surface area contributed by atoms with E-state index in [1.54, 1.807) is 19.1 Å². The third-order valence-electron chi connectivity index (χ3n) is 4.30. The summed E-state index contributed by atoms with van der Waals surface area (Å²) in [6.07, 6.45) is 2.48. The van der Waals surface area contributed by atoms with E-state index in [1.165, 1.54) is 6.08 Å². The van der Waals surface area contributed by atoms with Crippen molar-refractivity contribution >= 4 is 17.7 Å². The van der Waals surface area contributed by atoms with E-state index < -0.39 is 17.4 Å². The summed E-state index contributed by atoms with van der Waals surface area (Å²) in [7, 11) is 0. The van der Waals surface area contributed by atoms with E-state index in [4.69, 9.17) is 9.47 Å². The van der Waals surface area contributed by atoms with Crippen molar-refractivity contribution in [3.8, 4) is 0 Å². The fourth-order valence-electron chi connectivity index (χ4n) is 3.04. The molecule has 0 heterocycles. The first-order chi connectivity index (χ1) is 11.5. The Hall–Kier alpha value is -2.43. The summed E-state index contributed by atoms with van der Waals surface area (Å²) in [5, 5.41) is 0. The second-order valence-electron chi connectivity index (χ2n) is 5.76. The SMILES string of the molecule is C=CCOC(=O)C1(CCC(=O)OCC)CCc2ccccc2C1=O. The van der Waals surface area contributed by atoms with Crippen molar-refractivity contribution in [1.29, 1.82) is 0 Å². The van der Waals surface area contributed by atoms with Crippen LogP contribution < -0.4 is 0 Å². The summed E-state index contributed by atoms with van der Waals surface area (Å²) >= 11 is 0. The molecule has 24 heavy (non-hydrogen) atoms. The van der Waals surface area contributed by atoms with Crippen LogP contribution in [0, 0.1) is 5.41 Å². The quantitative estimate of drug-likeness (QED) is 0.437. The fourth-order valence-corrected chi connectivity index (χ4v) is 3.04. The number of benzene rings is 1. The number of hydrogen-bond acceptors (Lipinski definition) is 5.